The van der Waals surface area contributed by atoms with Crippen LogP contribution < -0.4 is 5.32 Å². The van der Waals surface area contributed by atoms with E-state index in [0.29, 0.717) is 23.8 Å². The monoisotopic (exact) mass is 440 g/mol. The highest BCUT2D eigenvalue weighted by molar-refractivity contribution is 6.47. The second-order valence-corrected chi connectivity index (χ2v) is 12.0. The van der Waals surface area contributed by atoms with Crippen LogP contribution in [0.1, 0.15) is 59.9 Å². The Morgan fingerprint density at radius 2 is 1.97 bits per heavy atom. The van der Waals surface area contributed by atoms with Crippen LogP contribution >= 0.6 is 0 Å². The zero-order valence-corrected chi connectivity index (χ0v) is 20.3. The van der Waals surface area contributed by atoms with Crippen molar-refractivity contribution in [3.05, 3.63) is 35.9 Å². The van der Waals surface area contributed by atoms with Gasteiger partial charge in [-0.05, 0) is 63.4 Å². The molecule has 6 atom stereocenters. The smallest absolute Gasteiger partial charge is 0.459 e. The van der Waals surface area contributed by atoms with E-state index in [2.05, 4.69) is 43.1 Å². The van der Waals surface area contributed by atoms with E-state index in [0.717, 1.165) is 13.0 Å². The van der Waals surface area contributed by atoms with Gasteiger partial charge in [0.05, 0.1) is 17.8 Å². The predicted molar refractivity (Wildman–Crippen MR) is 124 cm³/mol. The molecule has 0 spiro atoms. The van der Waals surface area contributed by atoms with Crippen molar-refractivity contribution >= 4 is 13.1 Å². The van der Waals surface area contributed by atoms with Crippen molar-refractivity contribution in [1.29, 1.82) is 0 Å². The van der Waals surface area contributed by atoms with Crippen LogP contribution in [0.4, 0.5) is 0 Å². The number of hydrogen-bond donors (Lipinski definition) is 1. The Morgan fingerprint density at radius 1 is 1.25 bits per heavy atom. The van der Waals surface area contributed by atoms with Crippen LogP contribution in [0, 0.1) is 17.3 Å². The molecule has 1 aromatic carbocycles. The lowest BCUT2D eigenvalue weighted by Crippen LogP contribution is -2.63. The number of carbonyl (C=O) groups is 1. The first-order valence-corrected chi connectivity index (χ1v) is 12.1. The van der Waals surface area contributed by atoms with Gasteiger partial charge in [-0.25, -0.2) is 0 Å². The first-order chi connectivity index (χ1) is 15.0. The topological polar surface area (TPSA) is 60.0 Å². The maximum atomic E-state index is 12.9. The third-order valence-corrected chi connectivity index (χ3v) is 8.19. The summed E-state index contributed by atoms with van der Waals surface area (Å²) >= 11 is 0. The van der Waals surface area contributed by atoms with Crippen LogP contribution in [0.25, 0.3) is 0 Å². The van der Waals surface area contributed by atoms with Crippen LogP contribution in [0.2, 0.25) is 0 Å². The summed E-state index contributed by atoms with van der Waals surface area (Å²) in [6.45, 7) is 14.0. The van der Waals surface area contributed by atoms with Crippen LogP contribution in [-0.4, -0.2) is 53.9 Å². The van der Waals surface area contributed by atoms with Crippen molar-refractivity contribution in [3.63, 3.8) is 0 Å². The van der Waals surface area contributed by atoms with Gasteiger partial charge in [-0.1, -0.05) is 44.2 Å². The van der Waals surface area contributed by atoms with Gasteiger partial charge in [0.25, 0.3) is 0 Å². The quantitative estimate of drug-likeness (QED) is 0.572. The Hall–Kier alpha value is -1.41. The Kier molecular flexibility index (Phi) is 5.29. The molecule has 6 nitrogen and oxygen atoms in total. The summed E-state index contributed by atoms with van der Waals surface area (Å²) in [5.74, 6) is 1.01. The lowest BCUT2D eigenvalue weighted by molar-refractivity contribution is -0.185. The third-order valence-electron chi connectivity index (χ3n) is 8.19. The maximum Gasteiger partial charge on any atom is 0.491 e. The van der Waals surface area contributed by atoms with Crippen LogP contribution in [0.5, 0.6) is 0 Å². The molecule has 3 unspecified atom stereocenters. The summed E-state index contributed by atoms with van der Waals surface area (Å²) in [6, 6.07) is 9.75. The number of ether oxygens (including phenoxy) is 1. The fourth-order valence-electron chi connectivity index (χ4n) is 6.34. The molecule has 2 saturated heterocycles. The normalized spacial score (nSPS) is 38.3. The Balaban J connectivity index is 1.36. The summed E-state index contributed by atoms with van der Waals surface area (Å²) in [6.07, 6.45) is 2.38. The summed E-state index contributed by atoms with van der Waals surface area (Å²) in [5, 5.41) is 3.50. The standard InChI is InChI=1S/C25H37BN2O4/c1-23(2,3)30-21(29)19-15-28(14-16-10-8-7-9-11-16)22(27-19)26-31-20-18-12-17(24(18,4)5)13-25(20,6)32-26/h7-11,17-20,22,27H,12-15H2,1-6H3/t17-,18+,19?,20?,22?,25+/m1/s1. The number of benzene rings is 1. The van der Waals surface area contributed by atoms with E-state index in [-0.39, 0.29) is 23.7 Å². The van der Waals surface area contributed by atoms with Crippen molar-refractivity contribution in [2.45, 2.75) is 90.3 Å². The Bertz CT molecular complexity index is 872. The zero-order valence-electron chi connectivity index (χ0n) is 20.3. The first-order valence-electron chi connectivity index (χ1n) is 12.1. The number of nitrogens with one attached hydrogen (secondary N) is 1. The van der Waals surface area contributed by atoms with E-state index in [1.165, 1.54) is 12.0 Å². The Morgan fingerprint density at radius 3 is 2.62 bits per heavy atom. The van der Waals surface area contributed by atoms with Crippen LogP contribution in [0.15, 0.2) is 30.3 Å². The van der Waals surface area contributed by atoms with Gasteiger partial charge in [-0.2, -0.15) is 0 Å². The molecule has 1 N–H and O–H groups in total. The number of esters is 1. The number of nitrogens with zero attached hydrogens (tertiary/aromatic N) is 1. The minimum atomic E-state index is -0.517. The second kappa shape index (κ2) is 7.56. The predicted octanol–water partition coefficient (Wildman–Crippen LogP) is 3.40. The number of hydrogen-bond acceptors (Lipinski definition) is 6. The van der Waals surface area contributed by atoms with Crippen molar-refractivity contribution < 1.29 is 18.8 Å². The van der Waals surface area contributed by atoms with E-state index in [1.54, 1.807) is 0 Å². The van der Waals surface area contributed by atoms with Crippen molar-refractivity contribution in [2.24, 2.45) is 17.3 Å². The molecule has 3 saturated carbocycles. The number of rotatable bonds is 4. The molecule has 5 fully saturated rings. The van der Waals surface area contributed by atoms with E-state index >= 15 is 0 Å². The molecule has 2 heterocycles. The van der Waals surface area contributed by atoms with Gasteiger partial charge in [0.15, 0.2) is 0 Å². The molecule has 1 aromatic rings. The van der Waals surface area contributed by atoms with Crippen LogP contribution in [0.3, 0.4) is 0 Å². The highest BCUT2D eigenvalue weighted by Crippen LogP contribution is 2.64. The lowest BCUT2D eigenvalue weighted by Gasteiger charge is -2.63. The van der Waals surface area contributed by atoms with Crippen molar-refractivity contribution in [3.8, 4) is 0 Å². The molecular weight excluding hydrogens is 403 g/mol. The summed E-state index contributed by atoms with van der Waals surface area (Å²) in [4.78, 5) is 15.2. The van der Waals surface area contributed by atoms with Gasteiger partial charge in [0.1, 0.15) is 11.6 Å². The summed E-state index contributed by atoms with van der Waals surface area (Å²) in [7, 11) is -0.406. The SMILES string of the molecule is CC(C)(C)OC(=O)C1CN(Cc2ccccc2)C(B2OC3[C@@H]4C[C@H](C[C@]3(C)O2)C4(C)C)N1. The second-order valence-electron chi connectivity index (χ2n) is 12.0. The van der Waals surface area contributed by atoms with Crippen molar-refractivity contribution in [1.82, 2.24) is 10.2 Å². The molecule has 0 amide bonds. The molecule has 6 rings (SSSR count). The average molecular weight is 440 g/mol. The van der Waals surface area contributed by atoms with Gasteiger partial charge in [-0.3, -0.25) is 15.0 Å². The summed E-state index contributed by atoms with van der Waals surface area (Å²) < 4.78 is 19.0. The van der Waals surface area contributed by atoms with E-state index < -0.39 is 18.8 Å². The fraction of sp³-hybridized carbons (Fsp3) is 0.720. The molecule has 174 valence electrons. The molecule has 7 heteroatoms. The molecule has 0 aromatic heterocycles. The molecule has 5 aliphatic rings. The lowest BCUT2D eigenvalue weighted by atomic mass is 9.45. The third kappa shape index (κ3) is 3.81. The highest BCUT2D eigenvalue weighted by Gasteiger charge is 2.68. The van der Waals surface area contributed by atoms with Crippen molar-refractivity contribution in [2.75, 3.05) is 6.54 Å². The first kappa shape index (κ1) is 22.4. The zero-order chi connectivity index (χ0) is 22.9. The maximum absolute atomic E-state index is 12.9. The average Bonchev–Trinajstić information content (AvgIpc) is 3.27. The molecular formula is C25H37BN2O4. The van der Waals surface area contributed by atoms with E-state index in [1.807, 2.05) is 39.0 Å². The Labute approximate surface area is 192 Å². The fourth-order valence-corrected chi connectivity index (χ4v) is 6.34. The molecule has 2 aliphatic heterocycles. The molecule has 2 bridgehead atoms. The molecule has 3 aliphatic carbocycles. The minimum Gasteiger partial charge on any atom is -0.459 e. The molecule has 0 radical (unpaired) electrons. The molecule has 32 heavy (non-hydrogen) atoms. The van der Waals surface area contributed by atoms with Gasteiger partial charge < -0.3 is 14.0 Å². The summed E-state index contributed by atoms with van der Waals surface area (Å²) in [5.41, 5.74) is 0.747. The highest BCUT2D eigenvalue weighted by atomic mass is 16.7. The van der Waals surface area contributed by atoms with Gasteiger partial charge >= 0.3 is 13.1 Å². The van der Waals surface area contributed by atoms with E-state index in [4.69, 9.17) is 14.0 Å². The van der Waals surface area contributed by atoms with E-state index in [9.17, 15) is 4.79 Å². The largest absolute Gasteiger partial charge is 0.491 e. The minimum absolute atomic E-state index is 0.105. The van der Waals surface area contributed by atoms with Gasteiger partial charge in [0, 0.05) is 13.1 Å². The number of carbonyl (C=O) groups excluding carboxylic acids is 1. The van der Waals surface area contributed by atoms with Crippen LogP contribution in [-0.2, 0) is 25.4 Å². The van der Waals surface area contributed by atoms with Gasteiger partial charge in [0.2, 0.25) is 0 Å². The van der Waals surface area contributed by atoms with Gasteiger partial charge in [-0.15, -0.1) is 0 Å².